The molecule has 0 bridgehead atoms. The van der Waals surface area contributed by atoms with E-state index in [0.717, 1.165) is 77.7 Å². The Bertz CT molecular complexity index is 1200. The van der Waals surface area contributed by atoms with Crippen LogP contribution in [-0.2, 0) is 32.7 Å². The van der Waals surface area contributed by atoms with E-state index in [1.165, 1.54) is 167 Å². The fraction of sp³-hybridized carbons (Fsp3) is 0.821. The third-order valence-corrected chi connectivity index (χ3v) is 13.0. The molecule has 380 valence electrons. The lowest BCUT2D eigenvalue weighted by Gasteiger charge is -2.19. The molecule has 0 aromatic carbocycles. The van der Waals surface area contributed by atoms with E-state index < -0.39 is 26.5 Å². The topological polar surface area (TPSA) is 108 Å². The van der Waals surface area contributed by atoms with Gasteiger partial charge in [-0.05, 0) is 51.4 Å². The fourth-order valence-electron chi connectivity index (χ4n) is 7.95. The lowest BCUT2D eigenvalue weighted by molar-refractivity contribution is -0.161. The first-order valence-electron chi connectivity index (χ1n) is 27.3. The van der Waals surface area contributed by atoms with Crippen LogP contribution in [0.4, 0.5) is 0 Å². The number of hydrogen-bond donors (Lipinski definition) is 1. The molecule has 0 saturated heterocycles. The second-order valence-electron chi connectivity index (χ2n) is 18.3. The molecule has 0 aromatic heterocycles. The molecule has 0 rings (SSSR count). The van der Waals surface area contributed by atoms with Gasteiger partial charge < -0.3 is 14.4 Å². The van der Waals surface area contributed by atoms with E-state index in [1.54, 1.807) is 0 Å². The van der Waals surface area contributed by atoms with Gasteiger partial charge in [-0.15, -0.1) is 0 Å². The van der Waals surface area contributed by atoms with Crippen LogP contribution < -0.4 is 0 Å². The molecule has 0 amide bonds. The standard InChI is InChI=1S/C56H103O8P/c1-4-6-8-10-12-14-16-18-20-22-24-26-28-30-32-34-36-38-40-42-44-46-48-50-55(57)62-52-54(53-63-65(59,60)61-3)64-56(58)51-49-47-45-43-41-39-37-35-33-31-29-27-25-23-21-19-17-15-13-11-9-7-5-2/h7,9,13,15,19,21,25,27,54H,4-6,8,10-12,14,16-18,20,22-24,26,28-53H2,1-3H3,(H,59,60)/b9-7-,15-13-,21-19-,27-25-. The minimum Gasteiger partial charge on any atom is -0.462 e. The maximum atomic E-state index is 12.6. The molecular formula is C56H103O8P. The van der Waals surface area contributed by atoms with E-state index in [1.807, 2.05) is 0 Å². The van der Waals surface area contributed by atoms with Gasteiger partial charge in [-0.25, -0.2) is 4.57 Å². The third kappa shape index (κ3) is 51.2. The number of rotatable bonds is 51. The highest BCUT2D eigenvalue weighted by molar-refractivity contribution is 7.47. The molecule has 0 aromatic rings. The molecule has 1 N–H and O–H groups in total. The summed E-state index contributed by atoms with van der Waals surface area (Å²) >= 11 is 0. The number of esters is 2. The van der Waals surface area contributed by atoms with Crippen molar-refractivity contribution in [2.75, 3.05) is 20.3 Å². The number of carbonyl (C=O) groups is 2. The average Bonchev–Trinajstić information content (AvgIpc) is 3.30. The number of carbonyl (C=O) groups excluding carboxylic acids is 2. The number of hydrogen-bond acceptors (Lipinski definition) is 7. The summed E-state index contributed by atoms with van der Waals surface area (Å²) in [4.78, 5) is 34.7. The predicted octanol–water partition coefficient (Wildman–Crippen LogP) is 18.1. The van der Waals surface area contributed by atoms with Gasteiger partial charge in [0.25, 0.3) is 0 Å². The van der Waals surface area contributed by atoms with Crippen LogP contribution in [0, 0.1) is 0 Å². The van der Waals surface area contributed by atoms with Gasteiger partial charge in [0.15, 0.2) is 6.10 Å². The van der Waals surface area contributed by atoms with Crippen molar-refractivity contribution in [1.29, 1.82) is 0 Å². The van der Waals surface area contributed by atoms with E-state index in [2.05, 4.69) is 67.0 Å². The third-order valence-electron chi connectivity index (χ3n) is 12.1. The van der Waals surface area contributed by atoms with Crippen molar-refractivity contribution in [1.82, 2.24) is 0 Å². The molecule has 9 heteroatoms. The first kappa shape index (κ1) is 63.0. The summed E-state index contributed by atoms with van der Waals surface area (Å²) < 4.78 is 32.2. The van der Waals surface area contributed by atoms with Crippen LogP contribution >= 0.6 is 7.82 Å². The Morgan fingerprint density at radius 1 is 0.446 bits per heavy atom. The van der Waals surface area contributed by atoms with Gasteiger partial charge in [0.1, 0.15) is 6.61 Å². The zero-order chi connectivity index (χ0) is 47.4. The molecule has 0 heterocycles. The van der Waals surface area contributed by atoms with Gasteiger partial charge >= 0.3 is 19.8 Å². The van der Waals surface area contributed by atoms with Crippen LogP contribution in [0.1, 0.15) is 271 Å². The Balaban J connectivity index is 3.85. The molecule has 0 spiro atoms. The lowest BCUT2D eigenvalue weighted by atomic mass is 10.0. The summed E-state index contributed by atoms with van der Waals surface area (Å²) in [6.07, 6.45) is 64.7. The highest BCUT2D eigenvalue weighted by Crippen LogP contribution is 2.42. The molecular weight excluding hydrogens is 832 g/mol. The zero-order valence-electron chi connectivity index (χ0n) is 42.6. The van der Waals surface area contributed by atoms with Crippen molar-refractivity contribution in [3.63, 3.8) is 0 Å². The van der Waals surface area contributed by atoms with Crippen LogP contribution in [-0.4, -0.2) is 43.3 Å². The average molecular weight is 935 g/mol. The van der Waals surface area contributed by atoms with Crippen molar-refractivity contribution < 1.29 is 37.6 Å². The molecule has 0 radical (unpaired) electrons. The molecule has 8 nitrogen and oxygen atoms in total. The molecule has 0 saturated carbocycles. The van der Waals surface area contributed by atoms with Crippen LogP contribution in [0.2, 0.25) is 0 Å². The molecule has 65 heavy (non-hydrogen) atoms. The smallest absolute Gasteiger partial charge is 0.462 e. The van der Waals surface area contributed by atoms with E-state index in [9.17, 15) is 19.0 Å². The first-order valence-corrected chi connectivity index (χ1v) is 28.8. The molecule has 0 aliphatic rings. The zero-order valence-corrected chi connectivity index (χ0v) is 43.5. The van der Waals surface area contributed by atoms with Gasteiger partial charge in [0, 0.05) is 20.0 Å². The van der Waals surface area contributed by atoms with Crippen LogP contribution in [0.3, 0.4) is 0 Å². The van der Waals surface area contributed by atoms with E-state index in [4.69, 9.17) is 14.0 Å². The monoisotopic (exact) mass is 935 g/mol. The highest BCUT2D eigenvalue weighted by atomic mass is 31.2. The predicted molar refractivity (Wildman–Crippen MR) is 276 cm³/mol. The van der Waals surface area contributed by atoms with Gasteiger partial charge in [-0.1, -0.05) is 255 Å². The van der Waals surface area contributed by atoms with Crippen LogP contribution in [0.15, 0.2) is 48.6 Å². The van der Waals surface area contributed by atoms with Gasteiger partial charge in [0.2, 0.25) is 0 Å². The molecule has 2 atom stereocenters. The Morgan fingerprint density at radius 2 is 0.785 bits per heavy atom. The molecule has 2 unspecified atom stereocenters. The number of phosphoric acid groups is 1. The van der Waals surface area contributed by atoms with Crippen molar-refractivity contribution in [3.8, 4) is 0 Å². The van der Waals surface area contributed by atoms with Gasteiger partial charge in [0.05, 0.1) is 6.61 Å². The lowest BCUT2D eigenvalue weighted by Crippen LogP contribution is -2.29. The Morgan fingerprint density at radius 3 is 1.17 bits per heavy atom. The number of phosphoric ester groups is 1. The van der Waals surface area contributed by atoms with E-state index >= 15 is 0 Å². The van der Waals surface area contributed by atoms with Crippen molar-refractivity contribution in [3.05, 3.63) is 48.6 Å². The maximum Gasteiger partial charge on any atom is 0.472 e. The summed E-state index contributed by atoms with van der Waals surface area (Å²) in [6.45, 7) is 3.82. The molecule has 0 aliphatic heterocycles. The largest absolute Gasteiger partial charge is 0.472 e. The Kier molecular flexibility index (Phi) is 49.8. The number of ether oxygens (including phenoxy) is 2. The normalized spacial score (nSPS) is 13.5. The summed E-state index contributed by atoms with van der Waals surface area (Å²) in [5.74, 6) is -0.796. The van der Waals surface area contributed by atoms with Crippen molar-refractivity contribution in [2.45, 2.75) is 277 Å². The summed E-state index contributed by atoms with van der Waals surface area (Å²) in [5.41, 5.74) is 0. The SMILES string of the molecule is CC/C=C\C/C=C\C/C=C\C/C=C\CCCCCCCCCCCCC(=O)OC(COC(=O)CCCCCCCCCCCCCCCCCCCCCCCCC)COP(=O)(O)OC. The van der Waals surface area contributed by atoms with Gasteiger partial charge in [-0.2, -0.15) is 0 Å². The highest BCUT2D eigenvalue weighted by Gasteiger charge is 2.24. The number of allylic oxidation sites excluding steroid dienone is 8. The molecule has 0 aliphatic carbocycles. The minimum atomic E-state index is -4.27. The van der Waals surface area contributed by atoms with Gasteiger partial charge in [-0.3, -0.25) is 18.6 Å². The van der Waals surface area contributed by atoms with Crippen LogP contribution in [0.5, 0.6) is 0 Å². The second kappa shape index (κ2) is 51.4. The van der Waals surface area contributed by atoms with Crippen molar-refractivity contribution in [2.24, 2.45) is 0 Å². The first-order chi connectivity index (χ1) is 31.8. The maximum absolute atomic E-state index is 12.6. The summed E-state index contributed by atoms with van der Waals surface area (Å²) in [6, 6.07) is 0. The Hall–Kier alpha value is -1.99. The van der Waals surface area contributed by atoms with Crippen molar-refractivity contribution >= 4 is 19.8 Å². The van der Waals surface area contributed by atoms with E-state index in [0.29, 0.717) is 12.8 Å². The fourth-order valence-corrected chi connectivity index (χ4v) is 8.41. The van der Waals surface area contributed by atoms with Crippen LogP contribution in [0.25, 0.3) is 0 Å². The Labute approximate surface area is 401 Å². The minimum absolute atomic E-state index is 0.224. The summed E-state index contributed by atoms with van der Waals surface area (Å²) in [7, 11) is -3.20. The summed E-state index contributed by atoms with van der Waals surface area (Å²) in [5, 5.41) is 0. The van der Waals surface area contributed by atoms with E-state index in [-0.39, 0.29) is 19.0 Å². The quantitative estimate of drug-likeness (QED) is 0.0278. The second-order valence-corrected chi connectivity index (χ2v) is 19.9. The molecule has 0 fully saturated rings. The number of unbranched alkanes of at least 4 members (excludes halogenated alkanes) is 32.